The summed E-state index contributed by atoms with van der Waals surface area (Å²) in [7, 11) is -2.43. The average Bonchev–Trinajstić information content (AvgIpc) is 2.30. The number of aromatic hydroxyl groups is 1. The van der Waals surface area contributed by atoms with Gasteiger partial charge in [-0.3, -0.25) is 0 Å². The van der Waals surface area contributed by atoms with Crippen molar-refractivity contribution in [3.63, 3.8) is 0 Å². The summed E-state index contributed by atoms with van der Waals surface area (Å²) in [5.41, 5.74) is 1.58. The number of rotatable bonds is 2. The highest BCUT2D eigenvalue weighted by Crippen LogP contribution is 2.39. The predicted molar refractivity (Wildman–Crippen MR) is 76.3 cm³/mol. The van der Waals surface area contributed by atoms with Crippen LogP contribution in [0.5, 0.6) is 11.5 Å². The summed E-state index contributed by atoms with van der Waals surface area (Å²) in [5, 5.41) is 9.80. The van der Waals surface area contributed by atoms with Gasteiger partial charge < -0.3 is 18.1 Å². The standard InChI is InChI=1S/C13H20O4Si2/c1-9(2)19(10(3)4)15-8-11-6-5-7-12(14)13(11)16-18-17-19/h5-7,9-10,14H,8H2,1-4H3. The van der Waals surface area contributed by atoms with Crippen LogP contribution in [0.4, 0.5) is 0 Å². The van der Waals surface area contributed by atoms with E-state index in [1.165, 1.54) is 0 Å². The zero-order valence-electron chi connectivity index (χ0n) is 11.8. The summed E-state index contributed by atoms with van der Waals surface area (Å²) >= 11 is 0. The molecule has 0 saturated heterocycles. The molecule has 0 unspecified atom stereocenters. The maximum atomic E-state index is 9.80. The maximum Gasteiger partial charge on any atom is 0.511 e. The van der Waals surface area contributed by atoms with E-state index in [-0.39, 0.29) is 15.8 Å². The van der Waals surface area contributed by atoms with Crippen LogP contribution >= 0.6 is 0 Å². The Balaban J connectivity index is 2.30. The minimum atomic E-state index is -2.30. The second-order valence-electron chi connectivity index (χ2n) is 5.37. The number of para-hydroxylation sites is 1. The van der Waals surface area contributed by atoms with Crippen molar-refractivity contribution in [3.05, 3.63) is 23.8 Å². The van der Waals surface area contributed by atoms with Crippen molar-refractivity contribution in [2.24, 2.45) is 0 Å². The number of benzene rings is 1. The minimum Gasteiger partial charge on any atom is -0.515 e. The van der Waals surface area contributed by atoms with Crippen molar-refractivity contribution in [3.8, 4) is 11.5 Å². The lowest BCUT2D eigenvalue weighted by atomic mass is 10.2. The molecule has 1 aromatic carbocycles. The average molecular weight is 296 g/mol. The van der Waals surface area contributed by atoms with Gasteiger partial charge in [0.15, 0.2) is 11.5 Å². The van der Waals surface area contributed by atoms with E-state index in [0.29, 0.717) is 23.4 Å². The van der Waals surface area contributed by atoms with E-state index in [4.69, 9.17) is 13.0 Å². The topological polar surface area (TPSA) is 47.9 Å². The number of hydrogen-bond donors (Lipinski definition) is 1. The highest BCUT2D eigenvalue weighted by Gasteiger charge is 2.46. The number of phenols is 1. The Morgan fingerprint density at radius 3 is 2.53 bits per heavy atom. The van der Waals surface area contributed by atoms with Gasteiger partial charge in [-0.1, -0.05) is 39.8 Å². The van der Waals surface area contributed by atoms with Gasteiger partial charge in [0.1, 0.15) is 0 Å². The number of fused-ring (bicyclic) bond motifs is 1. The SMILES string of the molecule is CC(C)[Si]1(C(C)C)OCc2cccc(O)c2O[Si]O1. The first-order valence-electron chi connectivity index (χ1n) is 6.52. The van der Waals surface area contributed by atoms with Crippen LogP contribution in [0, 0.1) is 0 Å². The molecule has 0 spiro atoms. The van der Waals surface area contributed by atoms with Crippen molar-refractivity contribution in [2.75, 3.05) is 0 Å². The fourth-order valence-electron chi connectivity index (χ4n) is 2.39. The third-order valence-corrected chi connectivity index (χ3v) is 9.19. The van der Waals surface area contributed by atoms with E-state index < -0.39 is 8.56 Å². The Morgan fingerprint density at radius 2 is 1.89 bits per heavy atom. The fourth-order valence-corrected chi connectivity index (χ4v) is 7.90. The van der Waals surface area contributed by atoms with Crippen molar-refractivity contribution < 1.29 is 18.1 Å². The first-order chi connectivity index (χ1) is 8.97. The highest BCUT2D eigenvalue weighted by atomic mass is 28.4. The molecule has 1 N–H and O–H groups in total. The fraction of sp³-hybridized carbons (Fsp3) is 0.538. The van der Waals surface area contributed by atoms with Crippen LogP contribution in [0.25, 0.3) is 0 Å². The molecule has 0 saturated carbocycles. The molecule has 6 heteroatoms. The molecule has 1 aliphatic rings. The summed E-state index contributed by atoms with van der Waals surface area (Å²) < 4.78 is 17.8. The smallest absolute Gasteiger partial charge is 0.511 e. The summed E-state index contributed by atoms with van der Waals surface area (Å²) in [5.74, 6) is 0.622. The normalized spacial score (nSPS) is 18.6. The second-order valence-corrected chi connectivity index (χ2v) is 10.6. The predicted octanol–water partition coefficient (Wildman–Crippen LogP) is 3.11. The van der Waals surface area contributed by atoms with Gasteiger partial charge in [-0.15, -0.1) is 0 Å². The Labute approximate surface area is 118 Å². The van der Waals surface area contributed by atoms with Gasteiger partial charge in [-0.2, -0.15) is 0 Å². The van der Waals surface area contributed by atoms with Gasteiger partial charge in [-0.05, 0) is 17.1 Å². The molecule has 4 nitrogen and oxygen atoms in total. The van der Waals surface area contributed by atoms with E-state index in [0.717, 1.165) is 5.56 Å². The van der Waals surface area contributed by atoms with Crippen LogP contribution in [0.1, 0.15) is 33.3 Å². The van der Waals surface area contributed by atoms with Crippen LogP contribution in [0.2, 0.25) is 11.1 Å². The van der Waals surface area contributed by atoms with E-state index >= 15 is 0 Å². The Morgan fingerprint density at radius 1 is 1.21 bits per heavy atom. The largest absolute Gasteiger partial charge is 0.515 e. The Kier molecular flexibility index (Phi) is 4.34. The van der Waals surface area contributed by atoms with Crippen molar-refractivity contribution in [1.29, 1.82) is 0 Å². The molecule has 0 bridgehead atoms. The van der Waals surface area contributed by atoms with Crippen LogP contribution in [0.3, 0.4) is 0 Å². The van der Waals surface area contributed by atoms with Crippen molar-refractivity contribution in [2.45, 2.75) is 45.4 Å². The van der Waals surface area contributed by atoms with Crippen LogP contribution in [-0.2, 0) is 15.1 Å². The van der Waals surface area contributed by atoms with E-state index in [9.17, 15) is 5.11 Å². The molecular weight excluding hydrogens is 276 g/mol. The summed E-state index contributed by atoms with van der Waals surface area (Å²) in [6.07, 6.45) is 0. The zero-order chi connectivity index (χ0) is 14.0. The molecule has 1 heterocycles. The zero-order valence-corrected chi connectivity index (χ0v) is 13.8. The molecular formula is C13H20O4Si2. The van der Waals surface area contributed by atoms with Crippen LogP contribution in [-0.4, -0.2) is 23.7 Å². The van der Waals surface area contributed by atoms with Gasteiger partial charge in [0.2, 0.25) is 0 Å². The summed E-state index contributed by atoms with van der Waals surface area (Å²) in [6, 6.07) is 5.34. The monoisotopic (exact) mass is 296 g/mol. The molecule has 0 fully saturated rings. The maximum absolute atomic E-state index is 9.80. The van der Waals surface area contributed by atoms with Gasteiger partial charge in [0.05, 0.1) is 6.61 Å². The first-order valence-corrected chi connectivity index (χ1v) is 9.30. The van der Waals surface area contributed by atoms with E-state index in [1.54, 1.807) is 12.1 Å². The lowest BCUT2D eigenvalue weighted by Crippen LogP contribution is -2.50. The van der Waals surface area contributed by atoms with Crippen molar-refractivity contribution >= 4 is 18.6 Å². The minimum absolute atomic E-state index is 0.133. The van der Waals surface area contributed by atoms with Crippen LogP contribution < -0.4 is 4.43 Å². The lowest BCUT2D eigenvalue weighted by molar-refractivity contribution is 0.192. The van der Waals surface area contributed by atoms with E-state index in [2.05, 4.69) is 27.7 Å². The molecule has 0 atom stereocenters. The van der Waals surface area contributed by atoms with E-state index in [1.807, 2.05) is 6.07 Å². The van der Waals surface area contributed by atoms with Crippen molar-refractivity contribution in [1.82, 2.24) is 0 Å². The quantitative estimate of drug-likeness (QED) is 0.852. The molecule has 104 valence electrons. The molecule has 2 rings (SSSR count). The summed E-state index contributed by atoms with van der Waals surface area (Å²) in [6.45, 7) is 8.99. The van der Waals surface area contributed by atoms with Gasteiger partial charge >= 0.3 is 18.6 Å². The van der Waals surface area contributed by atoms with Gasteiger partial charge in [0.25, 0.3) is 0 Å². The molecule has 1 aliphatic heterocycles. The van der Waals surface area contributed by atoms with Gasteiger partial charge in [0, 0.05) is 5.56 Å². The first kappa shape index (κ1) is 14.6. The second kappa shape index (κ2) is 5.66. The summed E-state index contributed by atoms with van der Waals surface area (Å²) in [4.78, 5) is 0. The number of hydrogen-bond acceptors (Lipinski definition) is 4. The molecule has 0 amide bonds. The molecule has 1 aromatic rings. The molecule has 2 radical (unpaired) electrons. The third-order valence-electron chi connectivity index (χ3n) is 3.48. The third kappa shape index (κ3) is 2.71. The molecule has 19 heavy (non-hydrogen) atoms. The van der Waals surface area contributed by atoms with Gasteiger partial charge in [-0.25, -0.2) is 0 Å². The number of phenolic OH excluding ortho intramolecular Hbond substituents is 1. The Hall–Kier alpha value is -0.826. The van der Waals surface area contributed by atoms with Crippen LogP contribution in [0.15, 0.2) is 18.2 Å². The molecule has 0 aliphatic carbocycles. The lowest BCUT2D eigenvalue weighted by Gasteiger charge is -2.38. The Bertz CT molecular complexity index is 440. The molecule has 0 aromatic heterocycles. The highest BCUT2D eigenvalue weighted by molar-refractivity contribution is 6.73.